The first kappa shape index (κ1) is 11.2. The number of rotatable bonds is 3. The lowest BCUT2D eigenvalue weighted by molar-refractivity contribution is 0.102. The second-order valence-electron chi connectivity index (χ2n) is 3.32. The molecule has 2 aromatic rings. The van der Waals surface area contributed by atoms with Crippen LogP contribution in [0.15, 0.2) is 36.7 Å². The highest BCUT2D eigenvalue weighted by Crippen LogP contribution is 2.04. The summed E-state index contributed by atoms with van der Waals surface area (Å²) in [5, 5.41) is 9.99. The second-order valence-corrected chi connectivity index (χ2v) is 3.32. The normalized spacial score (nSPS) is 9.94. The molecule has 0 radical (unpaired) electrons. The van der Waals surface area contributed by atoms with Gasteiger partial charge in [0.15, 0.2) is 5.82 Å². The first-order valence-electron chi connectivity index (χ1n) is 5.03. The third-order valence-electron chi connectivity index (χ3n) is 2.11. The monoisotopic (exact) mass is 229 g/mol. The van der Waals surface area contributed by atoms with Crippen molar-refractivity contribution in [3.05, 3.63) is 47.9 Å². The maximum Gasteiger partial charge on any atom is 0.275 e. The number of aromatic nitrogens is 3. The van der Waals surface area contributed by atoms with Gasteiger partial charge in [0, 0.05) is 18.9 Å². The molecule has 17 heavy (non-hydrogen) atoms. The van der Waals surface area contributed by atoms with Crippen molar-refractivity contribution in [2.75, 3.05) is 5.32 Å². The number of hydrogen-bond acceptors (Lipinski definition) is 5. The van der Waals surface area contributed by atoms with Crippen LogP contribution >= 0.6 is 0 Å². The summed E-state index contributed by atoms with van der Waals surface area (Å²) in [5.41, 5.74) is 6.63. The minimum atomic E-state index is -0.325. The Labute approximate surface area is 97.9 Å². The standard InChI is InChI=1S/C11H11N5O/c12-6-8-3-4-9(13-7-8)11(17)15-10-2-1-5-14-16-10/h1-5,7H,6,12H2,(H,15,16,17). The minimum absolute atomic E-state index is 0.313. The highest BCUT2D eigenvalue weighted by molar-refractivity contribution is 6.02. The zero-order chi connectivity index (χ0) is 12.1. The van der Waals surface area contributed by atoms with Gasteiger partial charge in [-0.3, -0.25) is 9.78 Å². The van der Waals surface area contributed by atoms with Crippen molar-refractivity contribution < 1.29 is 4.79 Å². The van der Waals surface area contributed by atoms with Crippen LogP contribution in [-0.2, 0) is 6.54 Å². The van der Waals surface area contributed by atoms with E-state index in [1.165, 1.54) is 6.20 Å². The van der Waals surface area contributed by atoms with E-state index in [2.05, 4.69) is 20.5 Å². The molecular weight excluding hydrogens is 218 g/mol. The van der Waals surface area contributed by atoms with E-state index >= 15 is 0 Å². The van der Waals surface area contributed by atoms with Gasteiger partial charge in [0.25, 0.3) is 5.91 Å². The van der Waals surface area contributed by atoms with Crippen molar-refractivity contribution in [1.29, 1.82) is 0 Å². The molecule has 0 spiro atoms. The molecule has 0 aliphatic heterocycles. The second kappa shape index (κ2) is 5.13. The van der Waals surface area contributed by atoms with Gasteiger partial charge in [-0.2, -0.15) is 5.10 Å². The molecule has 0 atom stereocenters. The van der Waals surface area contributed by atoms with Crippen molar-refractivity contribution in [2.45, 2.75) is 6.54 Å². The fourth-order valence-corrected chi connectivity index (χ4v) is 1.23. The van der Waals surface area contributed by atoms with Gasteiger partial charge >= 0.3 is 0 Å². The molecule has 0 bridgehead atoms. The molecule has 6 heteroatoms. The molecule has 86 valence electrons. The van der Waals surface area contributed by atoms with E-state index in [0.29, 0.717) is 18.1 Å². The van der Waals surface area contributed by atoms with Crippen molar-refractivity contribution in [3.8, 4) is 0 Å². The van der Waals surface area contributed by atoms with Gasteiger partial charge in [-0.05, 0) is 23.8 Å². The van der Waals surface area contributed by atoms with E-state index in [9.17, 15) is 4.79 Å². The molecule has 0 aliphatic carbocycles. The SMILES string of the molecule is NCc1ccc(C(=O)Nc2cccnn2)nc1. The van der Waals surface area contributed by atoms with Crippen molar-refractivity contribution in [1.82, 2.24) is 15.2 Å². The Hall–Kier alpha value is -2.34. The average molecular weight is 229 g/mol. The number of hydrogen-bond donors (Lipinski definition) is 2. The highest BCUT2D eigenvalue weighted by Gasteiger charge is 2.07. The average Bonchev–Trinajstić information content (AvgIpc) is 2.40. The number of amides is 1. The molecule has 1 amide bonds. The number of pyridine rings is 1. The van der Waals surface area contributed by atoms with Crippen LogP contribution in [0.2, 0.25) is 0 Å². The molecule has 0 saturated heterocycles. The molecule has 0 unspecified atom stereocenters. The molecule has 6 nitrogen and oxygen atoms in total. The lowest BCUT2D eigenvalue weighted by Crippen LogP contribution is -2.15. The van der Waals surface area contributed by atoms with Crippen LogP contribution in [0.25, 0.3) is 0 Å². The molecule has 3 N–H and O–H groups in total. The van der Waals surface area contributed by atoms with Crippen molar-refractivity contribution in [3.63, 3.8) is 0 Å². The van der Waals surface area contributed by atoms with Gasteiger partial charge in [0.2, 0.25) is 0 Å². The van der Waals surface area contributed by atoms with Crippen LogP contribution in [0.3, 0.4) is 0 Å². The van der Waals surface area contributed by atoms with Crippen LogP contribution in [0.5, 0.6) is 0 Å². The molecule has 2 rings (SSSR count). The van der Waals surface area contributed by atoms with E-state index in [1.54, 1.807) is 30.5 Å². The van der Waals surface area contributed by atoms with Crippen LogP contribution in [0, 0.1) is 0 Å². The first-order chi connectivity index (χ1) is 8.29. The quantitative estimate of drug-likeness (QED) is 0.803. The fraction of sp³-hybridized carbons (Fsp3) is 0.0909. The zero-order valence-electron chi connectivity index (χ0n) is 9.00. The maximum absolute atomic E-state index is 11.7. The minimum Gasteiger partial charge on any atom is -0.326 e. The van der Waals surface area contributed by atoms with E-state index in [1.807, 2.05) is 0 Å². The molecule has 2 aromatic heterocycles. The Morgan fingerprint density at radius 2 is 2.24 bits per heavy atom. The van der Waals surface area contributed by atoms with Gasteiger partial charge < -0.3 is 11.1 Å². The molecular formula is C11H11N5O. The predicted molar refractivity (Wildman–Crippen MR) is 62.1 cm³/mol. The lowest BCUT2D eigenvalue weighted by Gasteiger charge is -2.03. The summed E-state index contributed by atoms with van der Waals surface area (Å²) in [4.78, 5) is 15.7. The lowest BCUT2D eigenvalue weighted by atomic mass is 10.2. The van der Waals surface area contributed by atoms with E-state index in [-0.39, 0.29) is 5.91 Å². The third kappa shape index (κ3) is 2.82. The first-order valence-corrected chi connectivity index (χ1v) is 5.03. The van der Waals surface area contributed by atoms with E-state index in [4.69, 9.17) is 5.73 Å². The Morgan fingerprint density at radius 1 is 1.35 bits per heavy atom. The molecule has 0 aliphatic rings. The Kier molecular flexibility index (Phi) is 3.37. The number of nitrogens with two attached hydrogens (primary N) is 1. The number of carbonyl (C=O) groups is 1. The number of anilines is 1. The van der Waals surface area contributed by atoms with Gasteiger partial charge in [-0.15, -0.1) is 5.10 Å². The maximum atomic E-state index is 11.7. The summed E-state index contributed by atoms with van der Waals surface area (Å²) in [5.74, 6) is 0.0660. The summed E-state index contributed by atoms with van der Waals surface area (Å²) < 4.78 is 0. The Morgan fingerprint density at radius 3 is 2.82 bits per heavy atom. The number of nitrogens with zero attached hydrogens (tertiary/aromatic N) is 3. The summed E-state index contributed by atoms with van der Waals surface area (Å²) in [6.07, 6.45) is 3.11. The zero-order valence-corrected chi connectivity index (χ0v) is 9.00. The predicted octanol–water partition coefficient (Wildman–Crippen LogP) is 0.583. The van der Waals surface area contributed by atoms with E-state index < -0.39 is 0 Å². The summed E-state index contributed by atoms with van der Waals surface area (Å²) in [7, 11) is 0. The smallest absolute Gasteiger partial charge is 0.275 e. The van der Waals surface area contributed by atoms with Crippen molar-refractivity contribution in [2.24, 2.45) is 5.73 Å². The molecule has 2 heterocycles. The van der Waals surface area contributed by atoms with Gasteiger partial charge in [0.05, 0.1) is 0 Å². The van der Waals surface area contributed by atoms with Gasteiger partial charge in [-0.1, -0.05) is 6.07 Å². The largest absolute Gasteiger partial charge is 0.326 e. The number of carbonyl (C=O) groups excluding carboxylic acids is 1. The molecule has 0 saturated carbocycles. The van der Waals surface area contributed by atoms with Crippen LogP contribution < -0.4 is 11.1 Å². The van der Waals surface area contributed by atoms with Crippen molar-refractivity contribution >= 4 is 11.7 Å². The Bertz CT molecular complexity index is 497. The summed E-state index contributed by atoms with van der Waals surface area (Å²) in [6, 6.07) is 6.72. The topological polar surface area (TPSA) is 93.8 Å². The van der Waals surface area contributed by atoms with Crippen LogP contribution in [0.4, 0.5) is 5.82 Å². The van der Waals surface area contributed by atoms with Gasteiger partial charge in [-0.25, -0.2) is 0 Å². The fourth-order valence-electron chi connectivity index (χ4n) is 1.23. The Balaban J connectivity index is 2.09. The number of nitrogens with one attached hydrogen (secondary N) is 1. The summed E-state index contributed by atoms with van der Waals surface area (Å²) >= 11 is 0. The summed E-state index contributed by atoms with van der Waals surface area (Å²) in [6.45, 7) is 0.402. The third-order valence-corrected chi connectivity index (χ3v) is 2.11. The molecule has 0 fully saturated rings. The molecule has 0 aromatic carbocycles. The van der Waals surface area contributed by atoms with Crippen LogP contribution in [0.1, 0.15) is 16.1 Å². The van der Waals surface area contributed by atoms with Crippen LogP contribution in [-0.4, -0.2) is 21.1 Å². The highest BCUT2D eigenvalue weighted by atomic mass is 16.1. The van der Waals surface area contributed by atoms with E-state index in [0.717, 1.165) is 5.56 Å². The van der Waals surface area contributed by atoms with Gasteiger partial charge in [0.1, 0.15) is 5.69 Å².